The van der Waals surface area contributed by atoms with Crippen molar-refractivity contribution in [2.24, 2.45) is 5.41 Å². The lowest BCUT2D eigenvalue weighted by atomic mass is 9.76. The summed E-state index contributed by atoms with van der Waals surface area (Å²) in [6.45, 7) is 7.67. The van der Waals surface area contributed by atoms with Gasteiger partial charge in [-0.2, -0.15) is 0 Å². The number of aldehydes is 1. The lowest BCUT2D eigenvalue weighted by molar-refractivity contribution is 0.112. The summed E-state index contributed by atoms with van der Waals surface area (Å²) in [5, 5.41) is 0.856. The molecular weight excluding hydrogens is 356 g/mol. The van der Waals surface area contributed by atoms with Gasteiger partial charge >= 0.3 is 0 Å². The molecule has 0 N–H and O–H groups in total. The third-order valence-electron chi connectivity index (χ3n) is 6.47. The van der Waals surface area contributed by atoms with E-state index in [2.05, 4.69) is 54.0 Å². The number of benzene rings is 2. The minimum atomic E-state index is 0.399. The lowest BCUT2D eigenvalue weighted by Gasteiger charge is -2.40. The van der Waals surface area contributed by atoms with Crippen LogP contribution in [0.5, 0.6) is 0 Å². The molecule has 4 heteroatoms. The van der Waals surface area contributed by atoms with E-state index in [9.17, 15) is 4.79 Å². The fourth-order valence-corrected chi connectivity index (χ4v) is 4.96. The highest BCUT2D eigenvalue weighted by atomic mass is 35.5. The van der Waals surface area contributed by atoms with Gasteiger partial charge in [0, 0.05) is 47.6 Å². The normalized spacial score (nSPS) is 21.7. The average Bonchev–Trinajstić information content (AvgIpc) is 3.00. The first-order valence-corrected chi connectivity index (χ1v) is 10.2. The predicted octanol–water partition coefficient (Wildman–Crippen LogP) is 5.35. The van der Waals surface area contributed by atoms with E-state index >= 15 is 0 Å². The van der Waals surface area contributed by atoms with Gasteiger partial charge in [-0.15, -0.1) is 0 Å². The fraction of sp³-hybridized carbons (Fsp3) is 0.435. The second kappa shape index (κ2) is 7.20. The van der Waals surface area contributed by atoms with Crippen LogP contribution in [0, 0.1) is 12.3 Å². The largest absolute Gasteiger partial charge is 0.371 e. The second-order valence-corrected chi connectivity index (χ2v) is 8.72. The molecule has 1 unspecified atom stereocenters. The highest BCUT2D eigenvalue weighted by Gasteiger charge is 2.44. The maximum atomic E-state index is 10.9. The van der Waals surface area contributed by atoms with Crippen LogP contribution in [0.25, 0.3) is 0 Å². The third kappa shape index (κ3) is 3.58. The number of carbonyl (C=O) groups excluding carboxylic acids is 1. The van der Waals surface area contributed by atoms with Gasteiger partial charge in [0.1, 0.15) is 6.29 Å². The Bertz CT molecular complexity index is 825. The molecule has 3 nitrogen and oxygen atoms in total. The first-order chi connectivity index (χ1) is 13.0. The molecule has 0 radical (unpaired) electrons. The SMILES string of the molecule is Cc1ccc(N2CC3(CCN(c4ccc(C=O)cc4)CC3)CC2C)cc1Cl. The fourth-order valence-electron chi connectivity index (χ4n) is 4.79. The van der Waals surface area contributed by atoms with Gasteiger partial charge in [0.15, 0.2) is 0 Å². The monoisotopic (exact) mass is 382 g/mol. The van der Waals surface area contributed by atoms with Crippen LogP contribution < -0.4 is 9.80 Å². The minimum absolute atomic E-state index is 0.399. The number of halogens is 1. The Morgan fingerprint density at radius 2 is 1.74 bits per heavy atom. The molecule has 0 bridgehead atoms. The van der Waals surface area contributed by atoms with E-state index in [4.69, 9.17) is 11.6 Å². The van der Waals surface area contributed by atoms with E-state index in [1.807, 2.05) is 12.1 Å². The molecule has 27 heavy (non-hydrogen) atoms. The Morgan fingerprint density at radius 1 is 1.07 bits per heavy atom. The van der Waals surface area contributed by atoms with Gasteiger partial charge in [0.05, 0.1) is 0 Å². The van der Waals surface area contributed by atoms with E-state index < -0.39 is 0 Å². The van der Waals surface area contributed by atoms with Crippen LogP contribution in [0.1, 0.15) is 42.1 Å². The number of hydrogen-bond acceptors (Lipinski definition) is 3. The van der Waals surface area contributed by atoms with Gasteiger partial charge in [-0.3, -0.25) is 4.79 Å². The number of aryl methyl sites for hydroxylation is 1. The minimum Gasteiger partial charge on any atom is -0.371 e. The molecule has 2 aliphatic heterocycles. The van der Waals surface area contributed by atoms with Gasteiger partial charge in [-0.25, -0.2) is 0 Å². The van der Waals surface area contributed by atoms with Crippen LogP contribution in [0.15, 0.2) is 42.5 Å². The topological polar surface area (TPSA) is 23.6 Å². The van der Waals surface area contributed by atoms with E-state index in [1.165, 1.54) is 30.6 Å². The highest BCUT2D eigenvalue weighted by molar-refractivity contribution is 6.31. The second-order valence-electron chi connectivity index (χ2n) is 8.31. The molecule has 0 saturated carbocycles. The summed E-state index contributed by atoms with van der Waals surface area (Å²) in [5.41, 5.74) is 4.75. The Kier molecular flexibility index (Phi) is 4.90. The molecule has 2 heterocycles. The molecular formula is C23H27ClN2O. The zero-order chi connectivity index (χ0) is 19.0. The van der Waals surface area contributed by atoms with E-state index in [0.717, 1.165) is 42.1 Å². The van der Waals surface area contributed by atoms with Crippen LogP contribution in [-0.2, 0) is 0 Å². The van der Waals surface area contributed by atoms with Crippen molar-refractivity contribution in [3.05, 3.63) is 58.6 Å². The van der Waals surface area contributed by atoms with Gasteiger partial charge in [-0.1, -0.05) is 17.7 Å². The quantitative estimate of drug-likeness (QED) is 0.669. The summed E-state index contributed by atoms with van der Waals surface area (Å²) < 4.78 is 0. The molecule has 1 atom stereocenters. The number of rotatable bonds is 3. The molecule has 2 aliphatic rings. The standard InChI is InChI=1S/C23H27ClN2O/c1-17-3-6-21(13-22(17)24)26-16-23(14-18(26)2)9-11-25(12-10-23)20-7-4-19(15-27)5-8-20/h3-8,13,15,18H,9-12,14,16H2,1-2H3. The molecule has 1 spiro atoms. The third-order valence-corrected chi connectivity index (χ3v) is 6.88. The van der Waals surface area contributed by atoms with Gasteiger partial charge in [0.25, 0.3) is 0 Å². The summed E-state index contributed by atoms with van der Waals surface area (Å²) in [7, 11) is 0. The van der Waals surface area contributed by atoms with Crippen LogP contribution in [0.2, 0.25) is 5.02 Å². The van der Waals surface area contributed by atoms with Gasteiger partial charge in [-0.05, 0) is 80.5 Å². The van der Waals surface area contributed by atoms with Crippen molar-refractivity contribution in [3.8, 4) is 0 Å². The summed E-state index contributed by atoms with van der Waals surface area (Å²) in [6.07, 6.45) is 4.57. The van der Waals surface area contributed by atoms with Crippen molar-refractivity contribution >= 4 is 29.3 Å². The average molecular weight is 383 g/mol. The Balaban J connectivity index is 1.44. The summed E-state index contributed by atoms with van der Waals surface area (Å²) in [4.78, 5) is 15.9. The molecule has 0 aromatic heterocycles. The van der Waals surface area contributed by atoms with Crippen LogP contribution in [0.3, 0.4) is 0 Å². The van der Waals surface area contributed by atoms with Crippen molar-refractivity contribution in [2.45, 2.75) is 39.2 Å². The Morgan fingerprint density at radius 3 is 2.37 bits per heavy atom. The van der Waals surface area contributed by atoms with Gasteiger partial charge < -0.3 is 9.80 Å². The predicted molar refractivity (Wildman–Crippen MR) is 113 cm³/mol. The van der Waals surface area contributed by atoms with Crippen molar-refractivity contribution < 1.29 is 4.79 Å². The summed E-state index contributed by atoms with van der Waals surface area (Å²) in [5.74, 6) is 0. The van der Waals surface area contributed by atoms with Crippen LogP contribution in [-0.4, -0.2) is 32.0 Å². The molecule has 2 saturated heterocycles. The van der Waals surface area contributed by atoms with Gasteiger partial charge in [0.2, 0.25) is 0 Å². The number of piperidine rings is 1. The molecule has 2 aromatic carbocycles. The number of nitrogens with zero attached hydrogens (tertiary/aromatic N) is 2. The van der Waals surface area contributed by atoms with E-state index in [0.29, 0.717) is 11.5 Å². The van der Waals surface area contributed by atoms with Crippen molar-refractivity contribution in [3.63, 3.8) is 0 Å². The highest BCUT2D eigenvalue weighted by Crippen LogP contribution is 2.45. The molecule has 0 aliphatic carbocycles. The Hall–Kier alpha value is -2.00. The van der Waals surface area contributed by atoms with Crippen molar-refractivity contribution in [2.75, 3.05) is 29.4 Å². The molecule has 4 rings (SSSR count). The maximum absolute atomic E-state index is 10.9. The zero-order valence-corrected chi connectivity index (χ0v) is 16.9. The number of carbonyl (C=O) groups is 1. The smallest absolute Gasteiger partial charge is 0.150 e. The Labute approximate surface area is 166 Å². The van der Waals surface area contributed by atoms with Crippen LogP contribution in [0.4, 0.5) is 11.4 Å². The van der Waals surface area contributed by atoms with Crippen molar-refractivity contribution in [1.29, 1.82) is 0 Å². The number of anilines is 2. The number of hydrogen-bond donors (Lipinski definition) is 0. The molecule has 2 aromatic rings. The van der Waals surface area contributed by atoms with E-state index in [-0.39, 0.29) is 0 Å². The van der Waals surface area contributed by atoms with Crippen molar-refractivity contribution in [1.82, 2.24) is 0 Å². The first-order valence-electron chi connectivity index (χ1n) is 9.83. The summed E-state index contributed by atoms with van der Waals surface area (Å²) in [6, 6.07) is 15.0. The van der Waals surface area contributed by atoms with Crippen LogP contribution >= 0.6 is 11.6 Å². The maximum Gasteiger partial charge on any atom is 0.150 e. The molecule has 142 valence electrons. The summed E-state index contributed by atoms with van der Waals surface area (Å²) >= 11 is 6.37. The van der Waals surface area contributed by atoms with E-state index in [1.54, 1.807) is 0 Å². The zero-order valence-electron chi connectivity index (χ0n) is 16.1. The first kappa shape index (κ1) is 18.4. The lowest BCUT2D eigenvalue weighted by Crippen LogP contribution is -2.41. The molecule has 2 fully saturated rings. The molecule has 0 amide bonds.